The van der Waals surface area contributed by atoms with Crippen LogP contribution in [0.1, 0.15) is 15.9 Å². The number of aromatic hydroxyl groups is 1. The molecule has 0 fully saturated rings. The van der Waals surface area contributed by atoms with Crippen molar-refractivity contribution in [2.75, 3.05) is 13.1 Å². The molecule has 0 saturated carbocycles. The second-order valence-electron chi connectivity index (χ2n) is 3.78. The van der Waals surface area contributed by atoms with E-state index in [1.807, 2.05) is 0 Å². The molecule has 0 spiro atoms. The minimum atomic E-state index is -1.16. The summed E-state index contributed by atoms with van der Waals surface area (Å²) in [4.78, 5) is 23.6. The van der Waals surface area contributed by atoms with Crippen molar-refractivity contribution < 1.29 is 19.8 Å². The summed E-state index contributed by atoms with van der Waals surface area (Å²) in [5.74, 6) is 0.262. The fourth-order valence-electron chi connectivity index (χ4n) is 1.47. The van der Waals surface area contributed by atoms with Crippen LogP contribution in [0.15, 0.2) is 18.2 Å². The number of carbonyl (C=O) groups excluding carboxylic acids is 1. The van der Waals surface area contributed by atoms with Gasteiger partial charge in [0.1, 0.15) is 12.3 Å². The van der Waals surface area contributed by atoms with Gasteiger partial charge in [0.15, 0.2) is 0 Å². The fraction of sp³-hybridized carbons (Fsp3) is 0.231. The van der Waals surface area contributed by atoms with Gasteiger partial charge in [-0.25, -0.2) is 0 Å². The van der Waals surface area contributed by atoms with Gasteiger partial charge in [0.25, 0.3) is 5.91 Å². The Morgan fingerprint density at radius 1 is 1.44 bits per heavy atom. The number of nitrogens with zero attached hydrogens (tertiary/aromatic N) is 1. The van der Waals surface area contributed by atoms with Crippen LogP contribution in [0.25, 0.3) is 0 Å². The van der Waals surface area contributed by atoms with Gasteiger partial charge in [-0.3, -0.25) is 9.59 Å². The third-order valence-electron chi connectivity index (χ3n) is 2.28. The number of carboxylic acids is 1. The molecule has 0 atom stereocenters. The van der Waals surface area contributed by atoms with Crippen LogP contribution in [-0.2, 0) is 4.79 Å². The number of benzene rings is 1. The SMILES string of the molecule is C#CCN(CC(=O)O)C(=O)c1ccc(C)cc1O. The van der Waals surface area contributed by atoms with Crippen LogP contribution in [0.4, 0.5) is 0 Å². The summed E-state index contributed by atoms with van der Waals surface area (Å²) < 4.78 is 0. The largest absolute Gasteiger partial charge is 0.507 e. The van der Waals surface area contributed by atoms with E-state index in [1.165, 1.54) is 12.1 Å². The fourth-order valence-corrected chi connectivity index (χ4v) is 1.47. The zero-order valence-electron chi connectivity index (χ0n) is 9.88. The van der Waals surface area contributed by atoms with Crippen molar-refractivity contribution in [1.29, 1.82) is 0 Å². The topological polar surface area (TPSA) is 77.8 Å². The van der Waals surface area contributed by atoms with E-state index in [-0.39, 0.29) is 17.9 Å². The van der Waals surface area contributed by atoms with E-state index in [4.69, 9.17) is 11.5 Å². The first kappa shape index (κ1) is 13.6. The number of amides is 1. The van der Waals surface area contributed by atoms with Gasteiger partial charge in [-0.1, -0.05) is 12.0 Å². The molecule has 0 aliphatic rings. The first-order valence-corrected chi connectivity index (χ1v) is 5.20. The molecular formula is C13H13NO4. The summed E-state index contributed by atoms with van der Waals surface area (Å²) in [5.41, 5.74) is 0.836. The molecule has 1 aromatic rings. The Balaban J connectivity index is 3.02. The van der Waals surface area contributed by atoms with Crippen molar-refractivity contribution in [3.05, 3.63) is 29.3 Å². The number of aliphatic carboxylic acids is 1. The number of hydrogen-bond donors (Lipinski definition) is 2. The molecule has 0 saturated heterocycles. The minimum absolute atomic E-state index is 0.0390. The maximum absolute atomic E-state index is 12.0. The second-order valence-corrected chi connectivity index (χ2v) is 3.78. The minimum Gasteiger partial charge on any atom is -0.507 e. The number of rotatable bonds is 4. The molecule has 94 valence electrons. The molecule has 0 aliphatic heterocycles. The van der Waals surface area contributed by atoms with Gasteiger partial charge < -0.3 is 15.1 Å². The Kier molecular flexibility index (Phi) is 4.33. The standard InChI is InChI=1S/C13H13NO4/c1-3-6-14(8-12(16)17)13(18)10-5-4-9(2)7-11(10)15/h1,4-5,7,15H,6,8H2,2H3,(H,16,17). The Hall–Kier alpha value is -2.48. The Bertz CT molecular complexity index is 516. The lowest BCUT2D eigenvalue weighted by molar-refractivity contribution is -0.137. The number of aryl methyl sites for hydroxylation is 1. The van der Waals surface area contributed by atoms with Crippen LogP contribution < -0.4 is 0 Å². The van der Waals surface area contributed by atoms with E-state index < -0.39 is 18.4 Å². The summed E-state index contributed by atoms with van der Waals surface area (Å²) >= 11 is 0. The molecule has 1 amide bonds. The number of phenolic OH excluding ortho intramolecular Hbond substituents is 1. The smallest absolute Gasteiger partial charge is 0.323 e. The van der Waals surface area contributed by atoms with Crippen molar-refractivity contribution >= 4 is 11.9 Å². The quantitative estimate of drug-likeness (QED) is 0.773. The molecule has 1 aromatic carbocycles. The molecule has 0 aliphatic carbocycles. The van der Waals surface area contributed by atoms with Crippen LogP contribution in [0.5, 0.6) is 5.75 Å². The van der Waals surface area contributed by atoms with Crippen LogP contribution in [0, 0.1) is 19.3 Å². The zero-order valence-corrected chi connectivity index (χ0v) is 9.88. The molecular weight excluding hydrogens is 234 g/mol. The summed E-state index contributed by atoms with van der Waals surface area (Å²) in [6, 6.07) is 4.53. The average Bonchev–Trinajstić information content (AvgIpc) is 2.27. The van der Waals surface area contributed by atoms with Gasteiger partial charge in [0.05, 0.1) is 12.1 Å². The maximum Gasteiger partial charge on any atom is 0.323 e. The van der Waals surface area contributed by atoms with Gasteiger partial charge in [-0.2, -0.15) is 0 Å². The third-order valence-corrected chi connectivity index (χ3v) is 2.28. The molecule has 0 radical (unpaired) electrons. The zero-order chi connectivity index (χ0) is 13.7. The molecule has 2 N–H and O–H groups in total. The van der Waals surface area contributed by atoms with Crippen molar-refractivity contribution in [2.24, 2.45) is 0 Å². The van der Waals surface area contributed by atoms with E-state index in [2.05, 4.69) is 5.92 Å². The lowest BCUT2D eigenvalue weighted by Crippen LogP contribution is -2.36. The number of carboxylic acid groups (broad SMARTS) is 1. The van der Waals surface area contributed by atoms with Crippen LogP contribution in [0.2, 0.25) is 0 Å². The van der Waals surface area contributed by atoms with Crippen LogP contribution in [0.3, 0.4) is 0 Å². The van der Waals surface area contributed by atoms with E-state index in [9.17, 15) is 14.7 Å². The first-order valence-electron chi connectivity index (χ1n) is 5.20. The van der Waals surface area contributed by atoms with E-state index in [0.29, 0.717) is 0 Å². The predicted molar refractivity (Wildman–Crippen MR) is 65.2 cm³/mol. The molecule has 0 bridgehead atoms. The Morgan fingerprint density at radius 2 is 2.11 bits per heavy atom. The normalized spacial score (nSPS) is 9.56. The van der Waals surface area contributed by atoms with Crippen molar-refractivity contribution in [3.8, 4) is 18.1 Å². The number of phenols is 1. The Morgan fingerprint density at radius 3 is 2.61 bits per heavy atom. The summed E-state index contributed by atoms with van der Waals surface area (Å²) in [7, 11) is 0. The van der Waals surface area contributed by atoms with Gasteiger partial charge in [0.2, 0.25) is 0 Å². The number of hydrogen-bond acceptors (Lipinski definition) is 3. The van der Waals surface area contributed by atoms with Crippen molar-refractivity contribution in [2.45, 2.75) is 6.92 Å². The third kappa shape index (κ3) is 3.25. The summed E-state index contributed by atoms with van der Waals surface area (Å²) in [5, 5.41) is 18.4. The lowest BCUT2D eigenvalue weighted by Gasteiger charge is -2.18. The molecule has 5 nitrogen and oxygen atoms in total. The van der Waals surface area contributed by atoms with E-state index in [1.54, 1.807) is 13.0 Å². The average molecular weight is 247 g/mol. The first-order chi connectivity index (χ1) is 8.45. The highest BCUT2D eigenvalue weighted by molar-refractivity contribution is 5.98. The summed E-state index contributed by atoms with van der Waals surface area (Å²) in [6.45, 7) is 1.14. The van der Waals surface area contributed by atoms with Crippen LogP contribution in [-0.4, -0.2) is 40.1 Å². The van der Waals surface area contributed by atoms with Crippen LogP contribution >= 0.6 is 0 Å². The van der Waals surface area contributed by atoms with Gasteiger partial charge in [-0.15, -0.1) is 6.42 Å². The predicted octanol–water partition coefficient (Wildman–Crippen LogP) is 0.861. The Labute approximate surface area is 105 Å². The highest BCUT2D eigenvalue weighted by Gasteiger charge is 2.20. The maximum atomic E-state index is 12.0. The highest BCUT2D eigenvalue weighted by Crippen LogP contribution is 2.20. The lowest BCUT2D eigenvalue weighted by atomic mass is 10.1. The monoisotopic (exact) mass is 247 g/mol. The van der Waals surface area contributed by atoms with Gasteiger partial charge in [-0.05, 0) is 24.6 Å². The molecule has 1 rings (SSSR count). The van der Waals surface area contributed by atoms with Gasteiger partial charge in [0, 0.05) is 0 Å². The molecule has 0 aromatic heterocycles. The van der Waals surface area contributed by atoms with E-state index >= 15 is 0 Å². The van der Waals surface area contributed by atoms with Gasteiger partial charge >= 0.3 is 5.97 Å². The number of carbonyl (C=O) groups is 2. The van der Waals surface area contributed by atoms with E-state index in [0.717, 1.165) is 10.5 Å². The molecule has 18 heavy (non-hydrogen) atoms. The molecule has 0 heterocycles. The number of terminal acetylenes is 1. The van der Waals surface area contributed by atoms with Crippen molar-refractivity contribution in [3.63, 3.8) is 0 Å². The van der Waals surface area contributed by atoms with Crippen molar-refractivity contribution in [1.82, 2.24) is 4.90 Å². The molecule has 5 heteroatoms. The molecule has 0 unspecified atom stereocenters. The highest BCUT2D eigenvalue weighted by atomic mass is 16.4. The second kappa shape index (κ2) is 5.73. The summed E-state index contributed by atoms with van der Waals surface area (Å²) in [6.07, 6.45) is 5.08.